The van der Waals surface area contributed by atoms with Gasteiger partial charge < -0.3 is 14.9 Å². The van der Waals surface area contributed by atoms with E-state index in [2.05, 4.69) is 15.5 Å². The number of hydrogen-bond donors (Lipinski definition) is 2. The monoisotopic (exact) mass is 211 g/mol. The van der Waals surface area contributed by atoms with Gasteiger partial charge in [0, 0.05) is 13.2 Å². The quantitative estimate of drug-likeness (QED) is 0.783. The topological polar surface area (TPSA) is 71.2 Å². The molecule has 1 aromatic rings. The van der Waals surface area contributed by atoms with Gasteiger partial charge in [0.2, 0.25) is 0 Å². The summed E-state index contributed by atoms with van der Waals surface area (Å²) in [4.78, 5) is 4.07. The largest absolute Gasteiger partial charge is 0.396 e. The number of nitrogens with one attached hydrogen (secondary N) is 1. The zero-order valence-corrected chi connectivity index (χ0v) is 8.94. The van der Waals surface area contributed by atoms with E-state index in [9.17, 15) is 0 Å². The second-order valence-electron chi connectivity index (χ2n) is 4.16. The standard InChI is InChI=1S/C10H17N3O2/c1-7-12-10(15-13-7)11-5-8-3-2-4-9(8)6-14/h8-9,14H,2-6H2,1H3,(H,11,12,13). The second kappa shape index (κ2) is 4.61. The molecule has 1 aromatic heterocycles. The number of anilines is 1. The highest BCUT2D eigenvalue weighted by molar-refractivity contribution is 5.18. The maximum atomic E-state index is 9.16. The van der Waals surface area contributed by atoms with E-state index in [0.717, 1.165) is 13.0 Å². The second-order valence-corrected chi connectivity index (χ2v) is 4.16. The molecule has 0 saturated heterocycles. The van der Waals surface area contributed by atoms with Crippen molar-refractivity contribution >= 4 is 6.01 Å². The van der Waals surface area contributed by atoms with Crippen LogP contribution in [-0.2, 0) is 0 Å². The van der Waals surface area contributed by atoms with E-state index in [4.69, 9.17) is 9.63 Å². The number of hydrogen-bond acceptors (Lipinski definition) is 5. The van der Waals surface area contributed by atoms with E-state index < -0.39 is 0 Å². The van der Waals surface area contributed by atoms with Gasteiger partial charge in [0.1, 0.15) is 0 Å². The first-order valence-corrected chi connectivity index (χ1v) is 5.44. The van der Waals surface area contributed by atoms with Crippen LogP contribution in [0.3, 0.4) is 0 Å². The number of rotatable bonds is 4. The van der Waals surface area contributed by atoms with Crippen molar-refractivity contribution in [3.63, 3.8) is 0 Å². The normalized spacial score (nSPS) is 25.7. The number of aliphatic hydroxyl groups is 1. The first kappa shape index (κ1) is 10.4. The maximum absolute atomic E-state index is 9.16. The van der Waals surface area contributed by atoms with Crippen molar-refractivity contribution in [2.75, 3.05) is 18.5 Å². The van der Waals surface area contributed by atoms with Gasteiger partial charge in [-0.1, -0.05) is 11.6 Å². The van der Waals surface area contributed by atoms with Crippen molar-refractivity contribution in [1.29, 1.82) is 0 Å². The van der Waals surface area contributed by atoms with Gasteiger partial charge in [-0.05, 0) is 31.6 Å². The molecule has 5 nitrogen and oxygen atoms in total. The van der Waals surface area contributed by atoms with E-state index in [1.807, 2.05) is 0 Å². The average Bonchev–Trinajstić information content (AvgIpc) is 2.83. The molecule has 2 unspecified atom stereocenters. The highest BCUT2D eigenvalue weighted by atomic mass is 16.5. The fraction of sp³-hybridized carbons (Fsp3) is 0.800. The lowest BCUT2D eigenvalue weighted by Crippen LogP contribution is -2.20. The Morgan fingerprint density at radius 3 is 2.93 bits per heavy atom. The molecule has 2 N–H and O–H groups in total. The van der Waals surface area contributed by atoms with Gasteiger partial charge in [0.15, 0.2) is 5.82 Å². The number of aryl methyl sites for hydroxylation is 1. The Kier molecular flexibility index (Phi) is 3.20. The van der Waals surface area contributed by atoms with E-state index in [1.165, 1.54) is 12.8 Å². The summed E-state index contributed by atoms with van der Waals surface area (Å²) in [5.41, 5.74) is 0. The summed E-state index contributed by atoms with van der Waals surface area (Å²) in [6.45, 7) is 2.89. The van der Waals surface area contributed by atoms with Crippen molar-refractivity contribution in [1.82, 2.24) is 10.1 Å². The molecule has 2 atom stereocenters. The van der Waals surface area contributed by atoms with E-state index in [-0.39, 0.29) is 6.61 Å². The summed E-state index contributed by atoms with van der Waals surface area (Å²) in [5.74, 6) is 1.60. The van der Waals surface area contributed by atoms with Crippen LogP contribution in [0.5, 0.6) is 0 Å². The molecule has 1 aliphatic rings. The number of aliphatic hydroxyl groups excluding tert-OH is 1. The fourth-order valence-electron chi connectivity index (χ4n) is 2.21. The summed E-state index contributed by atoms with van der Waals surface area (Å²) in [7, 11) is 0. The third-order valence-electron chi connectivity index (χ3n) is 3.09. The summed E-state index contributed by atoms with van der Waals surface area (Å²) < 4.78 is 4.96. The van der Waals surface area contributed by atoms with Gasteiger partial charge in [-0.15, -0.1) is 0 Å². The van der Waals surface area contributed by atoms with Crippen molar-refractivity contribution in [2.24, 2.45) is 11.8 Å². The molecule has 1 saturated carbocycles. The molecule has 84 valence electrons. The van der Waals surface area contributed by atoms with Crippen molar-refractivity contribution in [3.05, 3.63) is 5.82 Å². The summed E-state index contributed by atoms with van der Waals surface area (Å²) >= 11 is 0. The summed E-state index contributed by atoms with van der Waals surface area (Å²) in [5, 5.41) is 16.0. The van der Waals surface area contributed by atoms with Crippen LogP contribution >= 0.6 is 0 Å². The van der Waals surface area contributed by atoms with Crippen LogP contribution in [-0.4, -0.2) is 28.4 Å². The van der Waals surface area contributed by atoms with Crippen LogP contribution in [0.4, 0.5) is 6.01 Å². The van der Waals surface area contributed by atoms with Gasteiger partial charge in [0.25, 0.3) is 0 Å². The molecule has 0 bridgehead atoms. The molecule has 0 radical (unpaired) electrons. The Hall–Kier alpha value is -1.10. The van der Waals surface area contributed by atoms with Crippen molar-refractivity contribution in [3.8, 4) is 0 Å². The highest BCUT2D eigenvalue weighted by Gasteiger charge is 2.26. The predicted octanol–water partition coefficient (Wildman–Crippen LogP) is 1.20. The molecular weight excluding hydrogens is 194 g/mol. The Labute approximate surface area is 88.9 Å². The molecule has 5 heteroatoms. The van der Waals surface area contributed by atoms with Crippen molar-refractivity contribution in [2.45, 2.75) is 26.2 Å². The van der Waals surface area contributed by atoms with Crippen LogP contribution in [0.15, 0.2) is 4.52 Å². The average molecular weight is 211 g/mol. The smallest absolute Gasteiger partial charge is 0.321 e. The SMILES string of the molecule is Cc1noc(NCC2CCCC2CO)n1. The van der Waals surface area contributed by atoms with Gasteiger partial charge in [0.05, 0.1) is 0 Å². The Morgan fingerprint density at radius 2 is 2.27 bits per heavy atom. The minimum atomic E-state index is 0.287. The van der Waals surface area contributed by atoms with E-state index in [1.54, 1.807) is 6.92 Å². The molecule has 0 aromatic carbocycles. The predicted molar refractivity (Wildman–Crippen MR) is 55.4 cm³/mol. The van der Waals surface area contributed by atoms with Crippen LogP contribution in [0.1, 0.15) is 25.1 Å². The van der Waals surface area contributed by atoms with E-state index >= 15 is 0 Å². The third-order valence-corrected chi connectivity index (χ3v) is 3.09. The van der Waals surface area contributed by atoms with E-state index in [0.29, 0.717) is 23.7 Å². The van der Waals surface area contributed by atoms with Crippen LogP contribution in [0.2, 0.25) is 0 Å². The molecule has 0 spiro atoms. The summed E-state index contributed by atoms with van der Waals surface area (Å²) in [6.07, 6.45) is 3.51. The minimum absolute atomic E-state index is 0.287. The lowest BCUT2D eigenvalue weighted by molar-refractivity contribution is 0.198. The van der Waals surface area contributed by atoms with Crippen LogP contribution < -0.4 is 5.32 Å². The van der Waals surface area contributed by atoms with Gasteiger partial charge in [-0.2, -0.15) is 4.98 Å². The molecule has 2 rings (SSSR count). The fourth-order valence-corrected chi connectivity index (χ4v) is 2.21. The Balaban J connectivity index is 1.82. The zero-order chi connectivity index (χ0) is 10.7. The summed E-state index contributed by atoms with van der Waals surface area (Å²) in [6, 6.07) is 0.482. The minimum Gasteiger partial charge on any atom is -0.396 e. The zero-order valence-electron chi connectivity index (χ0n) is 8.94. The van der Waals surface area contributed by atoms with Gasteiger partial charge >= 0.3 is 6.01 Å². The molecule has 1 aliphatic carbocycles. The lowest BCUT2D eigenvalue weighted by atomic mass is 9.97. The first-order valence-electron chi connectivity index (χ1n) is 5.44. The Bertz CT molecular complexity index is 313. The Morgan fingerprint density at radius 1 is 1.47 bits per heavy atom. The highest BCUT2D eigenvalue weighted by Crippen LogP contribution is 2.31. The number of nitrogens with zero attached hydrogens (tertiary/aromatic N) is 2. The van der Waals surface area contributed by atoms with Crippen molar-refractivity contribution < 1.29 is 9.63 Å². The third kappa shape index (κ3) is 2.47. The van der Waals surface area contributed by atoms with Gasteiger partial charge in [-0.25, -0.2) is 0 Å². The lowest BCUT2D eigenvalue weighted by Gasteiger charge is -2.16. The van der Waals surface area contributed by atoms with Gasteiger partial charge in [-0.3, -0.25) is 0 Å². The molecular formula is C10H17N3O2. The first-order chi connectivity index (χ1) is 7.29. The maximum Gasteiger partial charge on any atom is 0.321 e. The molecule has 15 heavy (non-hydrogen) atoms. The molecule has 0 aliphatic heterocycles. The molecule has 0 amide bonds. The van der Waals surface area contributed by atoms with Crippen LogP contribution in [0.25, 0.3) is 0 Å². The molecule has 1 fully saturated rings. The number of aromatic nitrogens is 2. The molecule has 1 heterocycles. The van der Waals surface area contributed by atoms with Crippen LogP contribution in [0, 0.1) is 18.8 Å².